The molecule has 112 valence electrons. The fourth-order valence-corrected chi connectivity index (χ4v) is 2.67. The van der Waals surface area contributed by atoms with Crippen molar-refractivity contribution in [1.82, 2.24) is 20.4 Å². The first-order chi connectivity index (χ1) is 9.37. The van der Waals surface area contributed by atoms with E-state index in [1.165, 1.54) is 11.3 Å². The third-order valence-corrected chi connectivity index (χ3v) is 3.72. The molecule has 0 fully saturated rings. The fraction of sp³-hybridized carbons (Fsp3) is 0.733. The van der Waals surface area contributed by atoms with Gasteiger partial charge < -0.3 is 10.6 Å². The van der Waals surface area contributed by atoms with Crippen LogP contribution in [0, 0.1) is 0 Å². The normalized spacial score (nSPS) is 18.7. The second kappa shape index (κ2) is 5.95. The summed E-state index contributed by atoms with van der Waals surface area (Å²) in [4.78, 5) is 12.0. The highest BCUT2D eigenvalue weighted by atomic mass is 16.1. The lowest BCUT2D eigenvalue weighted by atomic mass is 9.93. The molecule has 0 saturated heterocycles. The molecule has 2 rings (SSSR count). The van der Waals surface area contributed by atoms with E-state index >= 15 is 0 Å². The molecule has 1 atom stereocenters. The lowest BCUT2D eigenvalue weighted by molar-refractivity contribution is -0.121. The van der Waals surface area contributed by atoms with Gasteiger partial charge in [0.05, 0.1) is 12.2 Å². The van der Waals surface area contributed by atoms with Gasteiger partial charge in [0.15, 0.2) is 0 Å². The highest BCUT2D eigenvalue weighted by Crippen LogP contribution is 2.29. The van der Waals surface area contributed by atoms with Crippen LogP contribution in [0.1, 0.15) is 57.3 Å². The predicted octanol–water partition coefficient (Wildman–Crippen LogP) is 1.69. The van der Waals surface area contributed by atoms with Gasteiger partial charge in [-0.05, 0) is 40.0 Å². The molecule has 1 unspecified atom stereocenters. The second-order valence-electron chi connectivity index (χ2n) is 6.61. The van der Waals surface area contributed by atoms with Crippen LogP contribution in [-0.4, -0.2) is 27.8 Å². The van der Waals surface area contributed by atoms with E-state index in [0.717, 1.165) is 19.3 Å². The summed E-state index contributed by atoms with van der Waals surface area (Å²) in [5, 5.41) is 10.8. The average molecular weight is 278 g/mol. The van der Waals surface area contributed by atoms with Gasteiger partial charge in [-0.25, -0.2) is 0 Å². The molecule has 0 aliphatic heterocycles. The van der Waals surface area contributed by atoms with Crippen molar-refractivity contribution >= 4 is 5.91 Å². The van der Waals surface area contributed by atoms with Crippen LogP contribution in [0.4, 0.5) is 0 Å². The Morgan fingerprint density at radius 2 is 2.25 bits per heavy atom. The van der Waals surface area contributed by atoms with Gasteiger partial charge in [0.2, 0.25) is 5.91 Å². The summed E-state index contributed by atoms with van der Waals surface area (Å²) in [7, 11) is 1.97. The van der Waals surface area contributed by atoms with E-state index in [4.69, 9.17) is 0 Å². The number of hydrogen-bond acceptors (Lipinski definition) is 3. The molecule has 1 aromatic heterocycles. The Morgan fingerprint density at radius 1 is 1.50 bits per heavy atom. The summed E-state index contributed by atoms with van der Waals surface area (Å²) in [5.41, 5.74) is 2.51. The van der Waals surface area contributed by atoms with Crippen molar-refractivity contribution in [3.05, 3.63) is 17.5 Å². The van der Waals surface area contributed by atoms with Gasteiger partial charge in [-0.15, -0.1) is 0 Å². The molecule has 5 heteroatoms. The van der Waals surface area contributed by atoms with Crippen LogP contribution < -0.4 is 10.6 Å². The molecule has 1 heterocycles. The monoisotopic (exact) mass is 278 g/mol. The van der Waals surface area contributed by atoms with Crippen molar-refractivity contribution in [2.75, 3.05) is 6.54 Å². The lowest BCUT2D eigenvalue weighted by Crippen LogP contribution is -2.39. The standard InChI is InChI=1S/C15H26N4O/c1-15(2,3)16-9-8-14(20)18-12-6-5-7-13-11(12)10-17-19(13)4/h10,12,16H,5-9H2,1-4H3,(H,18,20). The molecule has 20 heavy (non-hydrogen) atoms. The first kappa shape index (κ1) is 15.0. The third kappa shape index (κ3) is 3.82. The summed E-state index contributed by atoms with van der Waals surface area (Å²) >= 11 is 0. The maximum Gasteiger partial charge on any atom is 0.221 e. The largest absolute Gasteiger partial charge is 0.349 e. The third-order valence-electron chi connectivity index (χ3n) is 3.72. The Bertz CT molecular complexity index is 473. The smallest absolute Gasteiger partial charge is 0.221 e. The number of fused-ring (bicyclic) bond motifs is 1. The van der Waals surface area contributed by atoms with Gasteiger partial charge in [-0.3, -0.25) is 9.48 Å². The number of amides is 1. The van der Waals surface area contributed by atoms with Crippen molar-refractivity contribution in [1.29, 1.82) is 0 Å². The Hall–Kier alpha value is -1.36. The number of carbonyl (C=O) groups is 1. The Kier molecular flexibility index (Phi) is 4.48. The number of nitrogens with one attached hydrogen (secondary N) is 2. The minimum absolute atomic E-state index is 0.0572. The molecule has 0 radical (unpaired) electrons. The van der Waals surface area contributed by atoms with E-state index in [9.17, 15) is 4.79 Å². The van der Waals surface area contributed by atoms with Crippen LogP contribution in [0.25, 0.3) is 0 Å². The van der Waals surface area contributed by atoms with Crippen molar-refractivity contribution in [3.63, 3.8) is 0 Å². The number of carbonyl (C=O) groups excluding carboxylic acids is 1. The summed E-state index contributed by atoms with van der Waals surface area (Å²) < 4.78 is 1.93. The van der Waals surface area contributed by atoms with Crippen LogP contribution in [-0.2, 0) is 18.3 Å². The second-order valence-corrected chi connectivity index (χ2v) is 6.61. The molecule has 0 saturated carbocycles. The highest BCUT2D eigenvalue weighted by Gasteiger charge is 2.24. The Labute approximate surface area is 121 Å². The van der Waals surface area contributed by atoms with Crippen LogP contribution in [0.3, 0.4) is 0 Å². The lowest BCUT2D eigenvalue weighted by Gasteiger charge is -2.24. The predicted molar refractivity (Wildman–Crippen MR) is 79.4 cm³/mol. The zero-order valence-corrected chi connectivity index (χ0v) is 13.0. The molecule has 1 aliphatic rings. The van der Waals surface area contributed by atoms with Gasteiger partial charge in [0, 0.05) is 36.8 Å². The minimum atomic E-state index is 0.0572. The average Bonchev–Trinajstić information content (AvgIpc) is 2.71. The van der Waals surface area contributed by atoms with E-state index in [1.807, 2.05) is 17.9 Å². The molecular formula is C15H26N4O. The number of hydrogen-bond donors (Lipinski definition) is 2. The molecule has 5 nitrogen and oxygen atoms in total. The van der Waals surface area contributed by atoms with E-state index in [2.05, 4.69) is 36.5 Å². The topological polar surface area (TPSA) is 59.0 Å². The molecule has 0 bridgehead atoms. The van der Waals surface area contributed by atoms with E-state index in [-0.39, 0.29) is 17.5 Å². The minimum Gasteiger partial charge on any atom is -0.349 e. The van der Waals surface area contributed by atoms with E-state index in [1.54, 1.807) is 0 Å². The van der Waals surface area contributed by atoms with Gasteiger partial charge in [0.25, 0.3) is 0 Å². The summed E-state index contributed by atoms with van der Waals surface area (Å²) in [6.45, 7) is 7.03. The zero-order valence-electron chi connectivity index (χ0n) is 13.0. The van der Waals surface area contributed by atoms with E-state index < -0.39 is 0 Å². The fourth-order valence-electron chi connectivity index (χ4n) is 2.67. The van der Waals surface area contributed by atoms with E-state index in [0.29, 0.717) is 13.0 Å². The maximum absolute atomic E-state index is 12.0. The molecule has 1 amide bonds. The van der Waals surface area contributed by atoms with Gasteiger partial charge >= 0.3 is 0 Å². The molecule has 1 aromatic rings. The number of aryl methyl sites for hydroxylation is 1. The first-order valence-corrected chi connectivity index (χ1v) is 7.42. The Morgan fingerprint density at radius 3 is 2.95 bits per heavy atom. The summed E-state index contributed by atoms with van der Waals surface area (Å²) in [5.74, 6) is 0.114. The van der Waals surface area contributed by atoms with Crippen molar-refractivity contribution in [2.45, 2.75) is 58.0 Å². The SMILES string of the molecule is Cn1ncc2c1CCCC2NC(=O)CCNC(C)(C)C. The van der Waals surface area contributed by atoms with Crippen molar-refractivity contribution < 1.29 is 4.79 Å². The number of nitrogens with zero attached hydrogens (tertiary/aromatic N) is 2. The Balaban J connectivity index is 1.86. The zero-order chi connectivity index (χ0) is 14.8. The maximum atomic E-state index is 12.0. The number of aromatic nitrogens is 2. The summed E-state index contributed by atoms with van der Waals surface area (Å²) in [6.07, 6.45) is 5.59. The van der Waals surface area contributed by atoms with Crippen molar-refractivity contribution in [2.24, 2.45) is 7.05 Å². The van der Waals surface area contributed by atoms with Crippen LogP contribution >= 0.6 is 0 Å². The first-order valence-electron chi connectivity index (χ1n) is 7.42. The van der Waals surface area contributed by atoms with Crippen LogP contribution in [0.15, 0.2) is 6.20 Å². The molecule has 2 N–H and O–H groups in total. The molecule has 0 spiro atoms. The van der Waals surface area contributed by atoms with Gasteiger partial charge in [-0.1, -0.05) is 0 Å². The van der Waals surface area contributed by atoms with Crippen molar-refractivity contribution in [3.8, 4) is 0 Å². The van der Waals surface area contributed by atoms with Gasteiger partial charge in [0.1, 0.15) is 0 Å². The quantitative estimate of drug-likeness (QED) is 0.881. The van der Waals surface area contributed by atoms with Gasteiger partial charge in [-0.2, -0.15) is 5.10 Å². The molecular weight excluding hydrogens is 252 g/mol. The van der Waals surface area contributed by atoms with Crippen LogP contribution in [0.5, 0.6) is 0 Å². The van der Waals surface area contributed by atoms with Crippen LogP contribution in [0.2, 0.25) is 0 Å². The molecule has 1 aliphatic carbocycles. The summed E-state index contributed by atoms with van der Waals surface area (Å²) in [6, 6.07) is 0.134. The highest BCUT2D eigenvalue weighted by molar-refractivity contribution is 5.76. The molecule has 0 aromatic carbocycles. The number of rotatable bonds is 4.